The second kappa shape index (κ2) is 6.00. The van der Waals surface area contributed by atoms with E-state index >= 15 is 0 Å². The van der Waals surface area contributed by atoms with Gasteiger partial charge >= 0.3 is 0 Å². The number of aryl methyl sites for hydroxylation is 4. The van der Waals surface area contributed by atoms with Crippen molar-refractivity contribution >= 4 is 16.8 Å². The number of hydrogen-bond donors (Lipinski definition) is 2. The fraction of sp³-hybridized carbons (Fsp3) is 0.263. The van der Waals surface area contributed by atoms with Crippen LogP contribution >= 0.6 is 0 Å². The molecule has 2 aromatic heterocycles. The van der Waals surface area contributed by atoms with Crippen LogP contribution in [0.2, 0.25) is 0 Å². The van der Waals surface area contributed by atoms with Crippen LogP contribution in [-0.4, -0.2) is 15.5 Å². The molecule has 24 heavy (non-hydrogen) atoms. The molecule has 0 saturated carbocycles. The van der Waals surface area contributed by atoms with E-state index in [2.05, 4.69) is 29.4 Å². The van der Waals surface area contributed by atoms with E-state index in [0.29, 0.717) is 12.1 Å². The minimum Gasteiger partial charge on any atom is -0.358 e. The normalized spacial score (nSPS) is 11.0. The third kappa shape index (κ3) is 2.85. The number of carbonyl (C=O) groups is 1. The van der Waals surface area contributed by atoms with Crippen molar-refractivity contribution in [3.05, 3.63) is 68.8 Å². The Bertz CT molecular complexity index is 996. The Morgan fingerprint density at radius 2 is 1.96 bits per heavy atom. The van der Waals surface area contributed by atoms with Gasteiger partial charge in [0.15, 0.2) is 0 Å². The third-order valence-corrected chi connectivity index (χ3v) is 4.45. The molecule has 0 spiro atoms. The number of carbonyl (C=O) groups excluding carboxylic acids is 1. The van der Waals surface area contributed by atoms with Crippen molar-refractivity contribution in [2.24, 2.45) is 7.05 Å². The molecule has 5 nitrogen and oxygen atoms in total. The third-order valence-electron chi connectivity index (χ3n) is 4.45. The number of aromatic nitrogens is 2. The molecule has 1 aromatic carbocycles. The minimum atomic E-state index is -0.248. The molecule has 0 atom stereocenters. The second-order valence-corrected chi connectivity index (χ2v) is 6.27. The minimum absolute atomic E-state index is 0.198. The van der Waals surface area contributed by atoms with E-state index in [9.17, 15) is 9.59 Å². The van der Waals surface area contributed by atoms with E-state index in [-0.39, 0.29) is 11.5 Å². The van der Waals surface area contributed by atoms with Gasteiger partial charge in [0, 0.05) is 42.5 Å². The zero-order valence-electron chi connectivity index (χ0n) is 14.4. The van der Waals surface area contributed by atoms with Gasteiger partial charge in [-0.2, -0.15) is 0 Å². The highest BCUT2D eigenvalue weighted by atomic mass is 16.2. The van der Waals surface area contributed by atoms with Gasteiger partial charge in [-0.3, -0.25) is 9.59 Å². The number of pyridine rings is 1. The molecule has 0 radical (unpaired) electrons. The van der Waals surface area contributed by atoms with Gasteiger partial charge in [-0.15, -0.1) is 0 Å². The van der Waals surface area contributed by atoms with Gasteiger partial charge in [-0.1, -0.05) is 11.6 Å². The van der Waals surface area contributed by atoms with Crippen molar-refractivity contribution in [1.29, 1.82) is 0 Å². The van der Waals surface area contributed by atoms with Crippen molar-refractivity contribution in [2.45, 2.75) is 27.3 Å². The molecule has 0 fully saturated rings. The van der Waals surface area contributed by atoms with Crippen LogP contribution in [0.25, 0.3) is 10.9 Å². The molecular formula is C19H21N3O2. The predicted molar refractivity (Wildman–Crippen MR) is 95.4 cm³/mol. The molecule has 0 aliphatic heterocycles. The first kappa shape index (κ1) is 16.1. The van der Waals surface area contributed by atoms with Crippen LogP contribution < -0.4 is 10.9 Å². The Morgan fingerprint density at radius 1 is 1.21 bits per heavy atom. The molecule has 2 N–H and O–H groups in total. The molecular weight excluding hydrogens is 302 g/mol. The van der Waals surface area contributed by atoms with Crippen LogP contribution in [0.3, 0.4) is 0 Å². The van der Waals surface area contributed by atoms with Crippen LogP contribution in [0, 0.1) is 20.8 Å². The molecule has 3 aromatic rings. The average Bonchev–Trinajstić information content (AvgIpc) is 2.83. The lowest BCUT2D eigenvalue weighted by Gasteiger charge is -2.08. The molecule has 2 heterocycles. The van der Waals surface area contributed by atoms with Crippen molar-refractivity contribution in [3.8, 4) is 0 Å². The van der Waals surface area contributed by atoms with Gasteiger partial charge in [0.2, 0.25) is 0 Å². The molecule has 0 bridgehead atoms. The van der Waals surface area contributed by atoms with Crippen LogP contribution in [0.1, 0.15) is 32.7 Å². The first-order chi connectivity index (χ1) is 11.4. The van der Waals surface area contributed by atoms with Gasteiger partial charge < -0.3 is 14.9 Å². The number of amides is 1. The number of aromatic amines is 1. The number of fused-ring (bicyclic) bond motifs is 1. The molecule has 5 heteroatoms. The Morgan fingerprint density at radius 3 is 2.67 bits per heavy atom. The molecule has 0 saturated heterocycles. The van der Waals surface area contributed by atoms with E-state index in [1.165, 1.54) is 21.6 Å². The predicted octanol–water partition coefficient (Wildman–Crippen LogP) is 2.72. The first-order valence-electron chi connectivity index (χ1n) is 7.90. The van der Waals surface area contributed by atoms with Gasteiger partial charge in [-0.25, -0.2) is 0 Å². The zero-order valence-corrected chi connectivity index (χ0v) is 14.4. The SMILES string of the molecule is Cc1cc(CNC(=O)c2ccn(C)c(=O)c2)c2[nH]c(C)c(C)c2c1. The monoisotopic (exact) mass is 323 g/mol. The lowest BCUT2D eigenvalue weighted by molar-refractivity contribution is 0.0950. The highest BCUT2D eigenvalue weighted by Crippen LogP contribution is 2.26. The Kier molecular flexibility index (Phi) is 4.01. The summed E-state index contributed by atoms with van der Waals surface area (Å²) in [5, 5.41) is 4.09. The summed E-state index contributed by atoms with van der Waals surface area (Å²) >= 11 is 0. The Hall–Kier alpha value is -2.82. The highest BCUT2D eigenvalue weighted by molar-refractivity contribution is 5.94. The van der Waals surface area contributed by atoms with Crippen molar-refractivity contribution < 1.29 is 4.79 Å². The van der Waals surface area contributed by atoms with Crippen LogP contribution in [0.5, 0.6) is 0 Å². The number of nitrogens with zero attached hydrogens (tertiary/aromatic N) is 1. The molecule has 124 valence electrons. The van der Waals surface area contributed by atoms with E-state index in [1.807, 2.05) is 13.8 Å². The second-order valence-electron chi connectivity index (χ2n) is 6.27. The number of benzene rings is 1. The molecule has 3 rings (SSSR count). The van der Waals surface area contributed by atoms with E-state index in [1.54, 1.807) is 19.3 Å². The molecule has 0 unspecified atom stereocenters. The van der Waals surface area contributed by atoms with Crippen LogP contribution in [-0.2, 0) is 13.6 Å². The largest absolute Gasteiger partial charge is 0.358 e. The number of rotatable bonds is 3. The highest BCUT2D eigenvalue weighted by Gasteiger charge is 2.11. The van der Waals surface area contributed by atoms with E-state index in [0.717, 1.165) is 22.3 Å². The summed E-state index contributed by atoms with van der Waals surface area (Å²) in [5.41, 5.74) is 5.79. The van der Waals surface area contributed by atoms with Gasteiger partial charge in [-0.05, 0) is 44.0 Å². The summed E-state index contributed by atoms with van der Waals surface area (Å²) in [4.78, 5) is 27.4. The van der Waals surface area contributed by atoms with Crippen molar-refractivity contribution in [2.75, 3.05) is 0 Å². The fourth-order valence-electron chi connectivity index (χ4n) is 2.89. The summed E-state index contributed by atoms with van der Waals surface area (Å²) in [6.07, 6.45) is 1.60. The number of H-pyrrole nitrogens is 1. The van der Waals surface area contributed by atoms with Gasteiger partial charge in [0.1, 0.15) is 0 Å². The topological polar surface area (TPSA) is 66.9 Å². The lowest BCUT2D eigenvalue weighted by atomic mass is 10.0. The standard InChI is InChI=1S/C19H21N3O2/c1-11-7-15(18-16(8-11)12(2)13(3)21-18)10-20-19(24)14-5-6-22(4)17(23)9-14/h5-9,21H,10H2,1-4H3,(H,20,24). The summed E-state index contributed by atoms with van der Waals surface area (Å²) in [6, 6.07) is 7.22. The number of hydrogen-bond acceptors (Lipinski definition) is 2. The Labute approximate surface area is 140 Å². The van der Waals surface area contributed by atoms with E-state index < -0.39 is 0 Å². The fourth-order valence-corrected chi connectivity index (χ4v) is 2.89. The average molecular weight is 323 g/mol. The molecule has 0 aliphatic carbocycles. The smallest absolute Gasteiger partial charge is 0.251 e. The van der Waals surface area contributed by atoms with Crippen LogP contribution in [0.4, 0.5) is 0 Å². The number of nitrogens with one attached hydrogen (secondary N) is 2. The Balaban J connectivity index is 1.87. The first-order valence-corrected chi connectivity index (χ1v) is 7.90. The molecule has 1 amide bonds. The maximum atomic E-state index is 12.3. The van der Waals surface area contributed by atoms with Crippen molar-refractivity contribution in [1.82, 2.24) is 14.9 Å². The maximum absolute atomic E-state index is 12.3. The lowest BCUT2D eigenvalue weighted by Crippen LogP contribution is -2.25. The van der Waals surface area contributed by atoms with Crippen LogP contribution in [0.15, 0.2) is 35.3 Å². The van der Waals surface area contributed by atoms with E-state index in [4.69, 9.17) is 0 Å². The quantitative estimate of drug-likeness (QED) is 0.778. The molecule has 0 aliphatic rings. The summed E-state index contributed by atoms with van der Waals surface area (Å²) in [5.74, 6) is -0.248. The van der Waals surface area contributed by atoms with Gasteiger partial charge in [0.25, 0.3) is 11.5 Å². The summed E-state index contributed by atoms with van der Waals surface area (Å²) in [7, 11) is 1.66. The summed E-state index contributed by atoms with van der Waals surface area (Å²) in [6.45, 7) is 6.60. The van der Waals surface area contributed by atoms with Gasteiger partial charge in [0.05, 0.1) is 5.52 Å². The zero-order chi connectivity index (χ0) is 17.4. The van der Waals surface area contributed by atoms with Crippen molar-refractivity contribution in [3.63, 3.8) is 0 Å². The maximum Gasteiger partial charge on any atom is 0.251 e. The summed E-state index contributed by atoms with van der Waals surface area (Å²) < 4.78 is 1.44.